The number of fused-ring (bicyclic) bond motifs is 6. The summed E-state index contributed by atoms with van der Waals surface area (Å²) < 4.78 is 5.62. The van der Waals surface area contributed by atoms with Crippen LogP contribution in [0, 0.1) is 39.4 Å². The van der Waals surface area contributed by atoms with E-state index in [4.69, 9.17) is 4.74 Å². The van der Waals surface area contributed by atoms with E-state index >= 15 is 0 Å². The van der Waals surface area contributed by atoms with Crippen LogP contribution >= 0.6 is 0 Å². The normalized spacial score (nSPS) is 52.9. The van der Waals surface area contributed by atoms with Gasteiger partial charge in [-0.05, 0) is 91.9 Å². The fraction of sp³-hybridized carbons (Fsp3) is 0.852. The molecule has 3 nitrogen and oxygen atoms in total. The molecule has 3 saturated carbocycles. The second-order valence-corrected chi connectivity index (χ2v) is 12.4. The predicted molar refractivity (Wildman–Crippen MR) is 118 cm³/mol. The molecule has 1 heterocycles. The Morgan fingerprint density at radius 2 is 1.63 bits per heavy atom. The summed E-state index contributed by atoms with van der Waals surface area (Å²) in [6, 6.07) is 0. The number of hydrogen-bond acceptors (Lipinski definition) is 3. The van der Waals surface area contributed by atoms with Crippen molar-refractivity contribution in [3.05, 3.63) is 11.1 Å². The Balaban J connectivity index is 1.60. The monoisotopic (exact) mass is 412 g/mol. The summed E-state index contributed by atoms with van der Waals surface area (Å²) in [4.78, 5) is 26.8. The molecule has 5 rings (SSSR count). The van der Waals surface area contributed by atoms with Crippen LogP contribution in [0.1, 0.15) is 99.3 Å². The molecule has 0 spiro atoms. The zero-order valence-electron chi connectivity index (χ0n) is 19.9. The number of cyclic esters (lactones) is 1. The van der Waals surface area contributed by atoms with Crippen LogP contribution in [0.25, 0.3) is 0 Å². The summed E-state index contributed by atoms with van der Waals surface area (Å²) in [5.41, 5.74) is 2.00. The molecule has 0 aromatic carbocycles. The molecule has 0 amide bonds. The molecule has 166 valence electrons. The van der Waals surface area contributed by atoms with E-state index < -0.39 is 5.41 Å². The van der Waals surface area contributed by atoms with Crippen LogP contribution in [0.4, 0.5) is 0 Å². The highest BCUT2D eigenvalue weighted by atomic mass is 16.5. The zero-order valence-corrected chi connectivity index (χ0v) is 19.9. The summed E-state index contributed by atoms with van der Waals surface area (Å²) in [5.74, 6) is 1.53. The van der Waals surface area contributed by atoms with Crippen molar-refractivity contribution in [1.82, 2.24) is 0 Å². The third-order valence-corrected chi connectivity index (χ3v) is 11.5. The lowest BCUT2D eigenvalue weighted by Gasteiger charge is -2.68. The van der Waals surface area contributed by atoms with Crippen LogP contribution in [-0.2, 0) is 14.3 Å². The Bertz CT molecular complexity index is 841. The van der Waals surface area contributed by atoms with Crippen molar-refractivity contribution in [3.63, 3.8) is 0 Å². The minimum atomic E-state index is -0.646. The van der Waals surface area contributed by atoms with Gasteiger partial charge in [0.25, 0.3) is 0 Å². The van der Waals surface area contributed by atoms with Gasteiger partial charge in [0, 0.05) is 6.42 Å². The van der Waals surface area contributed by atoms with Gasteiger partial charge in [0.15, 0.2) is 0 Å². The van der Waals surface area contributed by atoms with Crippen LogP contribution in [0.15, 0.2) is 11.1 Å². The van der Waals surface area contributed by atoms with E-state index in [9.17, 15) is 9.59 Å². The molecule has 0 bridgehead atoms. The predicted octanol–water partition coefficient (Wildman–Crippen LogP) is 6.26. The van der Waals surface area contributed by atoms with E-state index in [0.717, 1.165) is 24.0 Å². The highest BCUT2D eigenvalue weighted by molar-refractivity contribution is 6.04. The number of carbonyl (C=O) groups is 2. The highest BCUT2D eigenvalue weighted by Crippen LogP contribution is 2.73. The third-order valence-electron chi connectivity index (χ3n) is 11.5. The molecule has 0 aromatic rings. The van der Waals surface area contributed by atoms with E-state index in [0.29, 0.717) is 29.5 Å². The summed E-state index contributed by atoms with van der Waals surface area (Å²) in [6.07, 6.45) is 10.1. The second kappa shape index (κ2) is 6.23. The number of ether oxygens (including phenoxy) is 1. The number of ketones is 1. The first-order valence-corrected chi connectivity index (χ1v) is 12.5. The molecule has 8 atom stereocenters. The average Bonchev–Trinajstić information content (AvgIpc) is 2.98. The van der Waals surface area contributed by atoms with Gasteiger partial charge in [-0.25, -0.2) is 4.79 Å². The van der Waals surface area contributed by atoms with Gasteiger partial charge in [-0.3, -0.25) is 4.79 Å². The van der Waals surface area contributed by atoms with Crippen LogP contribution in [0.3, 0.4) is 0 Å². The Morgan fingerprint density at radius 1 is 0.933 bits per heavy atom. The first-order chi connectivity index (χ1) is 14.0. The molecule has 4 aliphatic carbocycles. The standard InChI is InChI=1S/C27H40O3/c1-7-24(3)12-8-13-25(4)18(24)11-14-26(5)19-10-9-17-16(2)30-23(29)22(17)27(19,6)21(28)15-20(25)26/h16,18-20H,7-15H2,1-6H3/t16-,18-,19-,20+,24-,25-,26-,27+/m0/s1. The van der Waals surface area contributed by atoms with Gasteiger partial charge in [-0.1, -0.05) is 40.5 Å². The first-order valence-electron chi connectivity index (χ1n) is 12.5. The van der Waals surface area contributed by atoms with E-state index in [1.165, 1.54) is 38.5 Å². The van der Waals surface area contributed by atoms with Crippen LogP contribution in [0.2, 0.25) is 0 Å². The lowest BCUT2D eigenvalue weighted by Crippen LogP contribution is -2.64. The van der Waals surface area contributed by atoms with Gasteiger partial charge in [-0.2, -0.15) is 0 Å². The van der Waals surface area contributed by atoms with Gasteiger partial charge in [0.1, 0.15) is 11.9 Å². The van der Waals surface area contributed by atoms with Gasteiger partial charge in [0.2, 0.25) is 0 Å². The van der Waals surface area contributed by atoms with E-state index in [-0.39, 0.29) is 28.8 Å². The maximum Gasteiger partial charge on any atom is 0.335 e. The van der Waals surface area contributed by atoms with Crippen LogP contribution in [0.5, 0.6) is 0 Å². The molecule has 30 heavy (non-hydrogen) atoms. The molecule has 0 saturated heterocycles. The molecule has 0 radical (unpaired) electrons. The van der Waals surface area contributed by atoms with Crippen molar-refractivity contribution in [2.24, 2.45) is 39.4 Å². The topological polar surface area (TPSA) is 43.4 Å². The molecule has 0 unspecified atom stereocenters. The minimum Gasteiger partial charge on any atom is -0.455 e. The summed E-state index contributed by atoms with van der Waals surface area (Å²) >= 11 is 0. The SMILES string of the molecule is CC[C@@]1(C)CCC[C@]2(C)[C@H]3CC(=O)[C@]4(C)C5=C(CC[C@H]4[C@]3(C)CC[C@@H]12)[C@H](C)OC5=O. The Morgan fingerprint density at radius 3 is 2.33 bits per heavy atom. The number of hydrogen-bond donors (Lipinski definition) is 0. The smallest absolute Gasteiger partial charge is 0.335 e. The molecule has 3 fully saturated rings. The number of carbonyl (C=O) groups excluding carboxylic acids is 2. The molecule has 3 heteroatoms. The van der Waals surface area contributed by atoms with Crippen molar-refractivity contribution >= 4 is 11.8 Å². The zero-order chi connectivity index (χ0) is 21.7. The van der Waals surface area contributed by atoms with E-state index in [1.54, 1.807) is 0 Å². The van der Waals surface area contributed by atoms with Crippen LogP contribution in [-0.4, -0.2) is 17.9 Å². The number of Topliss-reactive ketones (excluding diaryl/α,β-unsaturated/α-hetero) is 1. The quantitative estimate of drug-likeness (QED) is 0.478. The van der Waals surface area contributed by atoms with Gasteiger partial charge in [-0.15, -0.1) is 0 Å². The van der Waals surface area contributed by atoms with Crippen molar-refractivity contribution in [1.29, 1.82) is 0 Å². The van der Waals surface area contributed by atoms with Crippen molar-refractivity contribution in [2.75, 3.05) is 0 Å². The molecular formula is C27H40O3. The molecule has 0 aromatic heterocycles. The number of esters is 1. The van der Waals surface area contributed by atoms with Crippen LogP contribution < -0.4 is 0 Å². The second-order valence-electron chi connectivity index (χ2n) is 12.4. The maximum atomic E-state index is 13.9. The third kappa shape index (κ3) is 2.28. The van der Waals surface area contributed by atoms with Gasteiger partial charge in [0.05, 0.1) is 11.0 Å². The van der Waals surface area contributed by atoms with Crippen molar-refractivity contribution < 1.29 is 14.3 Å². The number of rotatable bonds is 1. The lowest BCUT2D eigenvalue weighted by atomic mass is 9.35. The lowest BCUT2D eigenvalue weighted by molar-refractivity contribution is -0.194. The summed E-state index contributed by atoms with van der Waals surface area (Å²) in [6.45, 7) is 14.0. The Hall–Kier alpha value is -1.12. The Labute approximate surface area is 182 Å². The largest absolute Gasteiger partial charge is 0.455 e. The van der Waals surface area contributed by atoms with Crippen molar-refractivity contribution in [3.8, 4) is 0 Å². The fourth-order valence-corrected chi connectivity index (χ4v) is 9.78. The highest BCUT2D eigenvalue weighted by Gasteiger charge is 2.69. The summed E-state index contributed by atoms with van der Waals surface area (Å²) in [5, 5.41) is 0. The Kier molecular flexibility index (Phi) is 4.31. The average molecular weight is 413 g/mol. The van der Waals surface area contributed by atoms with E-state index in [2.05, 4.69) is 34.6 Å². The molecule has 0 N–H and O–H groups in total. The first kappa shape index (κ1) is 20.8. The van der Waals surface area contributed by atoms with Gasteiger partial charge < -0.3 is 4.74 Å². The fourth-order valence-electron chi connectivity index (χ4n) is 9.78. The molecular weight excluding hydrogens is 372 g/mol. The van der Waals surface area contributed by atoms with Gasteiger partial charge >= 0.3 is 5.97 Å². The molecule has 5 aliphatic rings. The summed E-state index contributed by atoms with van der Waals surface area (Å²) in [7, 11) is 0. The maximum absolute atomic E-state index is 13.9. The van der Waals surface area contributed by atoms with Crippen molar-refractivity contribution in [2.45, 2.75) is 105 Å². The minimum absolute atomic E-state index is 0.130. The van der Waals surface area contributed by atoms with E-state index in [1.807, 2.05) is 6.92 Å². The molecule has 1 aliphatic heterocycles.